The lowest BCUT2D eigenvalue weighted by molar-refractivity contribution is -0.114. The summed E-state index contributed by atoms with van der Waals surface area (Å²) in [6.45, 7) is 5.06. The molecule has 0 bridgehead atoms. The number of carbonyl (C=O) groups excluding carboxylic acids is 1. The maximum atomic E-state index is 13.2. The molecule has 2 aliphatic rings. The van der Waals surface area contributed by atoms with Gasteiger partial charge in [-0.05, 0) is 30.7 Å². The molecular weight excluding hydrogens is 442 g/mol. The van der Waals surface area contributed by atoms with Gasteiger partial charge in [0, 0.05) is 55.0 Å². The van der Waals surface area contributed by atoms with Gasteiger partial charge >= 0.3 is 0 Å². The van der Waals surface area contributed by atoms with Gasteiger partial charge in [0.2, 0.25) is 0 Å². The van der Waals surface area contributed by atoms with E-state index < -0.39 is 0 Å². The molecule has 178 valence electrons. The molecule has 1 amide bonds. The van der Waals surface area contributed by atoms with Gasteiger partial charge in [-0.3, -0.25) is 9.69 Å². The van der Waals surface area contributed by atoms with Crippen molar-refractivity contribution >= 4 is 34.0 Å². The molecule has 0 saturated carbocycles. The van der Waals surface area contributed by atoms with Crippen LogP contribution in [0.25, 0.3) is 10.9 Å². The highest BCUT2D eigenvalue weighted by Gasteiger charge is 2.23. The molecule has 1 N–H and O–H groups in total. The van der Waals surface area contributed by atoms with Crippen LogP contribution >= 0.6 is 0 Å². The Morgan fingerprint density at radius 3 is 2.89 bits per heavy atom. The van der Waals surface area contributed by atoms with Crippen molar-refractivity contribution in [3.05, 3.63) is 60.4 Å². The predicted octanol–water partition coefficient (Wildman–Crippen LogP) is 3.36. The van der Waals surface area contributed by atoms with E-state index in [0.717, 1.165) is 61.4 Å². The van der Waals surface area contributed by atoms with Crippen LogP contribution in [0.4, 0.5) is 17.2 Å². The number of hydrogen-bond donors (Lipinski definition) is 1. The number of anilines is 3. The average Bonchev–Trinajstić information content (AvgIpc) is 3.10. The Bertz CT molecular complexity index is 1290. The maximum absolute atomic E-state index is 13.2. The first-order valence-electron chi connectivity index (χ1n) is 11.7. The van der Waals surface area contributed by atoms with E-state index >= 15 is 0 Å². The van der Waals surface area contributed by atoms with Crippen LogP contribution in [0.15, 0.2) is 54.9 Å². The normalized spacial score (nSPS) is 16.4. The highest BCUT2D eigenvalue weighted by atomic mass is 16.5. The minimum absolute atomic E-state index is 0.0718. The minimum Gasteiger partial charge on any atom is -0.491 e. The third-order valence-electron chi connectivity index (χ3n) is 6.08. The van der Waals surface area contributed by atoms with E-state index in [2.05, 4.69) is 26.1 Å². The molecule has 8 nitrogen and oxygen atoms in total. The van der Waals surface area contributed by atoms with Crippen LogP contribution in [0.3, 0.4) is 0 Å². The average molecular weight is 470 g/mol. The predicted molar refractivity (Wildman–Crippen MR) is 136 cm³/mol. The van der Waals surface area contributed by atoms with Gasteiger partial charge in [-0.15, -0.1) is 6.42 Å². The number of ether oxygens (including phenoxy) is 2. The number of aromatic nitrogens is 2. The molecule has 1 aromatic heterocycles. The zero-order valence-corrected chi connectivity index (χ0v) is 19.4. The SMILES string of the molecule is C#Cc1cccc(Nc2ncnc3cc4c(cc23)N(C(=O)C=CCN2CCOCC2)CCCO4)c1. The molecule has 1 fully saturated rings. The highest BCUT2D eigenvalue weighted by molar-refractivity contribution is 6.05. The number of amides is 1. The summed E-state index contributed by atoms with van der Waals surface area (Å²) in [5.74, 6) is 3.85. The number of carbonyl (C=O) groups is 1. The van der Waals surface area contributed by atoms with Gasteiger partial charge in [0.25, 0.3) is 5.91 Å². The highest BCUT2D eigenvalue weighted by Crippen LogP contribution is 2.37. The standard InChI is InChI=1S/C27H27N5O3/c1-2-20-6-3-7-21(16-20)30-27-22-17-24-25(18-23(22)28-19-29-27)35-13-5-10-32(24)26(33)8-4-9-31-11-14-34-15-12-31/h1,3-4,6-8,16-19H,5,9-15H2,(H,28,29,30). The van der Waals surface area contributed by atoms with Gasteiger partial charge in [-0.25, -0.2) is 9.97 Å². The van der Waals surface area contributed by atoms with E-state index in [1.54, 1.807) is 11.0 Å². The maximum Gasteiger partial charge on any atom is 0.250 e. The number of rotatable bonds is 5. The molecule has 1 saturated heterocycles. The molecule has 2 aromatic carbocycles. The van der Waals surface area contributed by atoms with E-state index in [0.29, 0.717) is 30.4 Å². The number of fused-ring (bicyclic) bond motifs is 2. The van der Waals surface area contributed by atoms with Gasteiger partial charge in [-0.1, -0.05) is 18.1 Å². The molecule has 0 unspecified atom stereocenters. The van der Waals surface area contributed by atoms with Crippen molar-refractivity contribution in [1.29, 1.82) is 0 Å². The lowest BCUT2D eigenvalue weighted by Gasteiger charge is -2.25. The summed E-state index contributed by atoms with van der Waals surface area (Å²) in [4.78, 5) is 26.1. The molecule has 8 heteroatoms. The topological polar surface area (TPSA) is 79.8 Å². The van der Waals surface area contributed by atoms with Crippen LogP contribution in [0.1, 0.15) is 12.0 Å². The smallest absolute Gasteiger partial charge is 0.250 e. The van der Waals surface area contributed by atoms with Crippen molar-refractivity contribution in [2.24, 2.45) is 0 Å². The summed E-state index contributed by atoms with van der Waals surface area (Å²) in [5.41, 5.74) is 3.04. The molecule has 3 aromatic rings. The molecule has 0 spiro atoms. The fourth-order valence-electron chi connectivity index (χ4n) is 4.25. The largest absolute Gasteiger partial charge is 0.491 e. The first-order valence-corrected chi connectivity index (χ1v) is 11.7. The van der Waals surface area contributed by atoms with E-state index in [1.807, 2.05) is 42.5 Å². The van der Waals surface area contributed by atoms with Gasteiger partial charge < -0.3 is 19.7 Å². The summed E-state index contributed by atoms with van der Waals surface area (Å²) in [7, 11) is 0. The van der Waals surface area contributed by atoms with Crippen LogP contribution in [0.5, 0.6) is 5.75 Å². The number of nitrogens with one attached hydrogen (secondary N) is 1. The molecule has 0 radical (unpaired) electrons. The van der Waals surface area contributed by atoms with Crippen molar-refractivity contribution in [1.82, 2.24) is 14.9 Å². The Morgan fingerprint density at radius 1 is 1.14 bits per heavy atom. The lowest BCUT2D eigenvalue weighted by Crippen LogP contribution is -2.36. The molecule has 0 atom stereocenters. The Morgan fingerprint density at radius 2 is 2.03 bits per heavy atom. The van der Waals surface area contributed by atoms with Crippen LogP contribution in [0, 0.1) is 12.3 Å². The summed E-state index contributed by atoms with van der Waals surface area (Å²) >= 11 is 0. The molecule has 5 rings (SSSR count). The van der Waals surface area contributed by atoms with Crippen molar-refractivity contribution in [3.63, 3.8) is 0 Å². The molecule has 3 heterocycles. The zero-order valence-electron chi connectivity index (χ0n) is 19.4. The van der Waals surface area contributed by atoms with E-state index in [9.17, 15) is 4.79 Å². The monoisotopic (exact) mass is 469 g/mol. The second-order valence-electron chi connectivity index (χ2n) is 8.42. The second-order valence-corrected chi connectivity index (χ2v) is 8.42. The number of terminal acetylenes is 1. The third-order valence-corrected chi connectivity index (χ3v) is 6.08. The molecule has 35 heavy (non-hydrogen) atoms. The van der Waals surface area contributed by atoms with Gasteiger partial charge in [0.1, 0.15) is 17.9 Å². The number of benzene rings is 2. The molecular formula is C27H27N5O3. The fourth-order valence-corrected chi connectivity index (χ4v) is 4.25. The Labute approximate surface area is 204 Å². The van der Waals surface area contributed by atoms with Gasteiger partial charge in [-0.2, -0.15) is 0 Å². The summed E-state index contributed by atoms with van der Waals surface area (Å²) in [5, 5.41) is 4.13. The van der Waals surface area contributed by atoms with Crippen LogP contribution in [-0.4, -0.2) is 66.8 Å². The van der Waals surface area contributed by atoms with Gasteiger partial charge in [0.15, 0.2) is 0 Å². The summed E-state index contributed by atoms with van der Waals surface area (Å²) < 4.78 is 11.4. The van der Waals surface area contributed by atoms with E-state index in [1.165, 1.54) is 6.33 Å². The van der Waals surface area contributed by atoms with Gasteiger partial charge in [0.05, 0.1) is 31.0 Å². The second kappa shape index (κ2) is 10.6. The minimum atomic E-state index is -0.0718. The van der Waals surface area contributed by atoms with E-state index in [4.69, 9.17) is 15.9 Å². The zero-order chi connectivity index (χ0) is 24.0. The third kappa shape index (κ3) is 5.27. The number of hydrogen-bond acceptors (Lipinski definition) is 7. The lowest BCUT2D eigenvalue weighted by atomic mass is 10.1. The molecule has 2 aliphatic heterocycles. The van der Waals surface area contributed by atoms with Crippen molar-refractivity contribution in [2.45, 2.75) is 6.42 Å². The number of morpholine rings is 1. The number of nitrogens with zero attached hydrogens (tertiary/aromatic N) is 4. The quantitative estimate of drug-likeness (QED) is 0.453. The Kier molecular flexibility index (Phi) is 6.89. The summed E-state index contributed by atoms with van der Waals surface area (Å²) in [6, 6.07) is 11.4. The van der Waals surface area contributed by atoms with Crippen LogP contribution in [-0.2, 0) is 9.53 Å². The fraction of sp³-hybridized carbons (Fsp3) is 0.296. The molecule has 0 aliphatic carbocycles. The van der Waals surface area contributed by atoms with Crippen LogP contribution in [0.2, 0.25) is 0 Å². The van der Waals surface area contributed by atoms with Crippen LogP contribution < -0.4 is 15.0 Å². The van der Waals surface area contributed by atoms with Crippen molar-refractivity contribution < 1.29 is 14.3 Å². The van der Waals surface area contributed by atoms with E-state index in [-0.39, 0.29) is 5.91 Å². The first kappa shape index (κ1) is 22.8. The first-order chi connectivity index (χ1) is 17.2. The van der Waals surface area contributed by atoms with Crippen molar-refractivity contribution in [3.8, 4) is 18.1 Å². The van der Waals surface area contributed by atoms with Crippen molar-refractivity contribution in [2.75, 3.05) is 56.2 Å². The summed E-state index contributed by atoms with van der Waals surface area (Å²) in [6.07, 6.45) is 11.4. The Balaban J connectivity index is 1.44. The Hall–Kier alpha value is -3.93.